The van der Waals surface area contributed by atoms with E-state index in [-0.39, 0.29) is 6.42 Å². The summed E-state index contributed by atoms with van der Waals surface area (Å²) in [5, 5.41) is 4.16. The molecule has 6 nitrogen and oxygen atoms in total. The van der Waals surface area contributed by atoms with Crippen molar-refractivity contribution in [3.63, 3.8) is 0 Å². The summed E-state index contributed by atoms with van der Waals surface area (Å²) in [5.74, 6) is -0.476. The van der Waals surface area contributed by atoms with Gasteiger partial charge in [0.25, 0.3) is 0 Å². The number of amides is 1. The van der Waals surface area contributed by atoms with Crippen LogP contribution in [0.25, 0.3) is 0 Å². The quantitative estimate of drug-likeness (QED) is 0.776. The minimum Gasteiger partial charge on any atom is -0.273 e. The average molecular weight is 299 g/mol. The van der Waals surface area contributed by atoms with Crippen LogP contribution < -0.4 is 4.31 Å². The molecule has 0 radical (unpaired) electrons. The number of allylic oxidation sites excluding steroid dienone is 1. The number of carbonyl (C=O) groups is 1. The second kappa shape index (κ2) is 6.21. The molecule has 1 heterocycles. The van der Waals surface area contributed by atoms with E-state index in [9.17, 15) is 13.2 Å². The highest BCUT2D eigenvalue weighted by Gasteiger charge is 2.29. The Hall–Kier alpha value is -1.63. The Bertz CT molecular complexity index is 630. The van der Waals surface area contributed by atoms with Gasteiger partial charge in [-0.05, 0) is 20.3 Å². The second-order valence-corrected chi connectivity index (χ2v) is 6.48. The standard InChI is InChI=1S/C13H21N3O3S/c1-6-7-8-9-12(17)16(20(5,18)19)13-10(2)14-15(4)11(13)3/h7-8H,6,9H2,1-5H3. The molecule has 1 aromatic heterocycles. The van der Waals surface area contributed by atoms with E-state index in [0.29, 0.717) is 17.1 Å². The molecular weight excluding hydrogens is 278 g/mol. The summed E-state index contributed by atoms with van der Waals surface area (Å²) >= 11 is 0. The maximum atomic E-state index is 12.2. The fourth-order valence-corrected chi connectivity index (χ4v) is 3.01. The van der Waals surface area contributed by atoms with Crippen molar-refractivity contribution in [2.24, 2.45) is 7.05 Å². The van der Waals surface area contributed by atoms with Gasteiger partial charge in [-0.2, -0.15) is 5.10 Å². The van der Waals surface area contributed by atoms with Crippen molar-refractivity contribution in [3.8, 4) is 0 Å². The molecule has 0 atom stereocenters. The van der Waals surface area contributed by atoms with Crippen LogP contribution in [0.4, 0.5) is 5.69 Å². The number of hydrogen-bond acceptors (Lipinski definition) is 4. The molecule has 0 bridgehead atoms. The third-order valence-electron chi connectivity index (χ3n) is 2.93. The zero-order chi connectivity index (χ0) is 15.5. The number of aryl methyl sites for hydroxylation is 2. The van der Waals surface area contributed by atoms with Crippen LogP contribution in [0.1, 0.15) is 31.2 Å². The van der Waals surface area contributed by atoms with Crippen LogP contribution >= 0.6 is 0 Å². The third kappa shape index (κ3) is 3.47. The maximum Gasteiger partial charge on any atom is 0.244 e. The first-order valence-electron chi connectivity index (χ1n) is 6.38. The van der Waals surface area contributed by atoms with Crippen LogP contribution in [0.15, 0.2) is 12.2 Å². The number of aromatic nitrogens is 2. The van der Waals surface area contributed by atoms with Crippen molar-refractivity contribution in [1.82, 2.24) is 9.78 Å². The Morgan fingerprint density at radius 3 is 2.35 bits per heavy atom. The molecule has 0 aliphatic carbocycles. The molecule has 0 fully saturated rings. The highest BCUT2D eigenvalue weighted by atomic mass is 32.2. The van der Waals surface area contributed by atoms with Gasteiger partial charge in [0.2, 0.25) is 15.9 Å². The average Bonchev–Trinajstić information content (AvgIpc) is 2.55. The normalized spacial score (nSPS) is 12.1. The van der Waals surface area contributed by atoms with E-state index in [2.05, 4.69) is 5.10 Å². The monoisotopic (exact) mass is 299 g/mol. The number of sulfonamides is 1. The number of hydrogen-bond donors (Lipinski definition) is 0. The minimum atomic E-state index is -3.69. The zero-order valence-electron chi connectivity index (χ0n) is 12.5. The zero-order valence-corrected chi connectivity index (χ0v) is 13.4. The van der Waals surface area contributed by atoms with E-state index in [1.165, 1.54) is 0 Å². The number of anilines is 1. The molecule has 0 saturated carbocycles. The van der Waals surface area contributed by atoms with E-state index >= 15 is 0 Å². The summed E-state index contributed by atoms with van der Waals surface area (Å²) in [4.78, 5) is 12.2. The first-order valence-corrected chi connectivity index (χ1v) is 8.23. The first kappa shape index (κ1) is 16.4. The van der Waals surface area contributed by atoms with Crippen LogP contribution in [0.5, 0.6) is 0 Å². The van der Waals surface area contributed by atoms with Gasteiger partial charge in [-0.15, -0.1) is 0 Å². The molecule has 1 aromatic rings. The lowest BCUT2D eigenvalue weighted by atomic mass is 10.2. The van der Waals surface area contributed by atoms with Gasteiger partial charge < -0.3 is 0 Å². The predicted molar refractivity (Wildman–Crippen MR) is 79.1 cm³/mol. The Labute approximate surface area is 120 Å². The molecule has 0 saturated heterocycles. The molecule has 0 aliphatic rings. The van der Waals surface area contributed by atoms with Gasteiger partial charge in [0.15, 0.2) is 0 Å². The molecule has 0 aromatic carbocycles. The van der Waals surface area contributed by atoms with Crippen LogP contribution in [0, 0.1) is 13.8 Å². The minimum absolute atomic E-state index is 0.0503. The van der Waals surface area contributed by atoms with Crippen molar-refractivity contribution in [1.29, 1.82) is 0 Å². The van der Waals surface area contributed by atoms with E-state index in [1.807, 2.05) is 13.0 Å². The lowest BCUT2D eigenvalue weighted by molar-refractivity contribution is -0.116. The summed E-state index contributed by atoms with van der Waals surface area (Å²) in [6.45, 7) is 5.38. The van der Waals surface area contributed by atoms with Crippen molar-refractivity contribution in [2.75, 3.05) is 10.6 Å². The van der Waals surface area contributed by atoms with Crippen LogP contribution in [-0.2, 0) is 21.9 Å². The Morgan fingerprint density at radius 2 is 1.95 bits per heavy atom. The van der Waals surface area contributed by atoms with Crippen molar-refractivity contribution in [2.45, 2.75) is 33.6 Å². The van der Waals surface area contributed by atoms with Crippen molar-refractivity contribution < 1.29 is 13.2 Å². The fourth-order valence-electron chi connectivity index (χ4n) is 1.97. The third-order valence-corrected chi connectivity index (χ3v) is 3.98. The molecule has 0 spiro atoms. The smallest absolute Gasteiger partial charge is 0.244 e. The van der Waals surface area contributed by atoms with Gasteiger partial charge in [-0.3, -0.25) is 9.48 Å². The van der Waals surface area contributed by atoms with Gasteiger partial charge in [-0.1, -0.05) is 19.1 Å². The van der Waals surface area contributed by atoms with E-state index < -0.39 is 15.9 Å². The first-order chi connectivity index (χ1) is 9.20. The lowest BCUT2D eigenvalue weighted by Gasteiger charge is -2.20. The van der Waals surface area contributed by atoms with Gasteiger partial charge in [0.05, 0.1) is 17.6 Å². The summed E-state index contributed by atoms with van der Waals surface area (Å²) < 4.78 is 26.3. The topological polar surface area (TPSA) is 72.3 Å². The molecule has 20 heavy (non-hydrogen) atoms. The van der Waals surface area contributed by atoms with Gasteiger partial charge in [0, 0.05) is 13.5 Å². The fraction of sp³-hybridized carbons (Fsp3) is 0.538. The van der Waals surface area contributed by atoms with Crippen LogP contribution in [0.3, 0.4) is 0 Å². The number of carbonyl (C=O) groups excluding carboxylic acids is 1. The summed E-state index contributed by atoms with van der Waals surface area (Å²) in [7, 11) is -1.97. The van der Waals surface area contributed by atoms with E-state index in [4.69, 9.17) is 0 Å². The highest BCUT2D eigenvalue weighted by Crippen LogP contribution is 2.26. The maximum absolute atomic E-state index is 12.2. The van der Waals surface area contributed by atoms with Crippen LogP contribution in [0.2, 0.25) is 0 Å². The summed E-state index contributed by atoms with van der Waals surface area (Å²) in [6, 6.07) is 0. The molecule has 0 N–H and O–H groups in total. The van der Waals surface area contributed by atoms with Gasteiger partial charge in [-0.25, -0.2) is 12.7 Å². The summed E-state index contributed by atoms with van der Waals surface area (Å²) in [5.41, 5.74) is 1.51. The SMILES string of the molecule is CCC=CCC(=O)N(c1c(C)nn(C)c1C)S(C)(=O)=O. The van der Waals surface area contributed by atoms with Gasteiger partial charge >= 0.3 is 0 Å². The molecule has 112 valence electrons. The van der Waals surface area contributed by atoms with E-state index in [1.54, 1.807) is 31.7 Å². The van der Waals surface area contributed by atoms with Crippen molar-refractivity contribution >= 4 is 21.6 Å². The molecule has 1 rings (SSSR count). The Morgan fingerprint density at radius 1 is 1.35 bits per heavy atom. The second-order valence-electron chi connectivity index (χ2n) is 4.65. The Kier molecular flexibility index (Phi) is 5.10. The predicted octanol–water partition coefficient (Wildman–Crippen LogP) is 1.69. The number of rotatable bonds is 5. The molecule has 1 amide bonds. The summed E-state index contributed by atoms with van der Waals surface area (Å²) in [6.07, 6.45) is 5.40. The van der Waals surface area contributed by atoms with Gasteiger partial charge in [0.1, 0.15) is 5.69 Å². The van der Waals surface area contributed by atoms with E-state index in [0.717, 1.165) is 17.0 Å². The van der Waals surface area contributed by atoms with Crippen LogP contribution in [-0.4, -0.2) is 30.4 Å². The molecular formula is C13H21N3O3S. The largest absolute Gasteiger partial charge is 0.273 e. The van der Waals surface area contributed by atoms with Crippen molar-refractivity contribution in [3.05, 3.63) is 23.5 Å². The molecule has 0 unspecified atom stereocenters. The number of nitrogens with zero attached hydrogens (tertiary/aromatic N) is 3. The Balaban J connectivity index is 3.28. The molecule has 0 aliphatic heterocycles. The highest BCUT2D eigenvalue weighted by molar-refractivity contribution is 7.92. The lowest BCUT2D eigenvalue weighted by Crippen LogP contribution is -2.36. The molecule has 7 heteroatoms.